The van der Waals surface area contributed by atoms with Crippen LogP contribution in [0.4, 0.5) is 11.4 Å². The lowest BCUT2D eigenvalue weighted by Gasteiger charge is -2.37. The number of piperazine rings is 1. The van der Waals surface area contributed by atoms with E-state index in [1.165, 1.54) is 16.8 Å². The van der Waals surface area contributed by atoms with E-state index in [0.717, 1.165) is 18.7 Å². The Morgan fingerprint density at radius 2 is 1.68 bits per heavy atom. The van der Waals surface area contributed by atoms with Crippen LogP contribution in [-0.2, 0) is 14.8 Å². The number of amidine groups is 1. The molecule has 0 spiro atoms. The van der Waals surface area contributed by atoms with Crippen molar-refractivity contribution in [2.24, 2.45) is 4.40 Å². The number of anilines is 2. The van der Waals surface area contributed by atoms with Gasteiger partial charge in [-0.2, -0.15) is 8.42 Å². The topological polar surface area (TPSA) is 82.1 Å². The number of carbonyl (C=O) groups is 1. The molecule has 8 heteroatoms. The van der Waals surface area contributed by atoms with Gasteiger partial charge >= 0.3 is 0 Å². The van der Waals surface area contributed by atoms with Crippen LogP contribution in [-0.4, -0.2) is 51.2 Å². The van der Waals surface area contributed by atoms with Crippen molar-refractivity contribution < 1.29 is 13.2 Å². The number of sulfonamides is 1. The van der Waals surface area contributed by atoms with Gasteiger partial charge in [-0.25, -0.2) is 0 Å². The molecule has 0 saturated carbocycles. The van der Waals surface area contributed by atoms with E-state index >= 15 is 0 Å². The van der Waals surface area contributed by atoms with Gasteiger partial charge in [0.1, 0.15) is 10.7 Å². The summed E-state index contributed by atoms with van der Waals surface area (Å²) in [6.45, 7) is 9.00. The number of hydrogen-bond acceptors (Lipinski definition) is 5. The van der Waals surface area contributed by atoms with Crippen LogP contribution < -0.4 is 10.2 Å². The van der Waals surface area contributed by atoms with Crippen LogP contribution in [0, 0.1) is 20.8 Å². The highest BCUT2D eigenvalue weighted by Gasteiger charge is 2.26. The first kappa shape index (κ1) is 21.4. The molecule has 1 saturated heterocycles. The van der Waals surface area contributed by atoms with Gasteiger partial charge in [-0.15, -0.1) is 4.40 Å². The zero-order chi connectivity index (χ0) is 22.2. The highest BCUT2D eigenvalue weighted by Crippen LogP contribution is 2.29. The van der Waals surface area contributed by atoms with Crippen molar-refractivity contribution >= 4 is 33.1 Å². The molecule has 7 nitrogen and oxygen atoms in total. The highest BCUT2D eigenvalue weighted by atomic mass is 32.2. The Balaban J connectivity index is 1.35. The largest absolute Gasteiger partial charge is 0.368 e. The van der Waals surface area contributed by atoms with Crippen molar-refractivity contribution in [3.63, 3.8) is 0 Å². The molecule has 2 aliphatic rings. The Bertz CT molecular complexity index is 1150. The Labute approximate surface area is 183 Å². The van der Waals surface area contributed by atoms with Crippen LogP contribution in [0.25, 0.3) is 0 Å². The normalized spacial score (nSPS) is 17.6. The standard InChI is InChI=1S/C23H28N4O3S/c1-16-5-7-21-19(14-16)24-22(25-31(21,29)30)8-9-23(28)27-12-10-26(11-13-27)20-15-17(2)4-6-18(20)3/h4-7,14-15H,8-13H2,1-3H3,(H,24,25). The minimum absolute atomic E-state index is 0.0255. The monoisotopic (exact) mass is 440 g/mol. The van der Waals surface area contributed by atoms with Crippen molar-refractivity contribution in [1.29, 1.82) is 0 Å². The summed E-state index contributed by atoms with van der Waals surface area (Å²) in [5.41, 5.74) is 5.18. The lowest BCUT2D eigenvalue weighted by Crippen LogP contribution is -2.49. The molecule has 0 unspecified atom stereocenters. The maximum absolute atomic E-state index is 12.7. The second kappa shape index (κ2) is 8.34. The minimum Gasteiger partial charge on any atom is -0.368 e. The molecule has 164 valence electrons. The number of carbonyl (C=O) groups excluding carboxylic acids is 1. The molecule has 1 N–H and O–H groups in total. The third-order valence-corrected chi connectivity index (χ3v) is 7.21. The molecule has 4 rings (SSSR count). The Kier molecular flexibility index (Phi) is 5.75. The van der Waals surface area contributed by atoms with Crippen molar-refractivity contribution in [2.75, 3.05) is 36.4 Å². The zero-order valence-electron chi connectivity index (χ0n) is 18.2. The maximum atomic E-state index is 12.7. The summed E-state index contributed by atoms with van der Waals surface area (Å²) in [4.78, 5) is 17.1. The molecule has 2 aromatic rings. The van der Waals surface area contributed by atoms with Crippen LogP contribution in [0.1, 0.15) is 29.5 Å². The summed E-state index contributed by atoms with van der Waals surface area (Å²) in [5.74, 6) is 0.345. The fourth-order valence-electron chi connectivity index (χ4n) is 4.09. The van der Waals surface area contributed by atoms with Crippen molar-refractivity contribution in [1.82, 2.24) is 4.90 Å². The van der Waals surface area contributed by atoms with Gasteiger partial charge in [-0.05, 0) is 55.7 Å². The molecular weight excluding hydrogens is 412 g/mol. The molecule has 0 atom stereocenters. The number of aryl methyl sites for hydroxylation is 3. The van der Waals surface area contributed by atoms with Crippen LogP contribution in [0.2, 0.25) is 0 Å². The fourth-order valence-corrected chi connectivity index (χ4v) is 5.24. The van der Waals surface area contributed by atoms with Gasteiger partial charge < -0.3 is 15.1 Å². The number of nitrogens with zero attached hydrogens (tertiary/aromatic N) is 3. The van der Waals surface area contributed by atoms with Crippen molar-refractivity contribution in [3.8, 4) is 0 Å². The molecule has 1 amide bonds. The lowest BCUT2D eigenvalue weighted by molar-refractivity contribution is -0.131. The van der Waals surface area contributed by atoms with Gasteiger partial charge in [0, 0.05) is 44.7 Å². The third-order valence-electron chi connectivity index (χ3n) is 5.84. The van der Waals surface area contributed by atoms with E-state index in [0.29, 0.717) is 24.6 Å². The van der Waals surface area contributed by atoms with Gasteiger partial charge in [-0.1, -0.05) is 18.2 Å². The van der Waals surface area contributed by atoms with Gasteiger partial charge in [-0.3, -0.25) is 4.79 Å². The summed E-state index contributed by atoms with van der Waals surface area (Å²) < 4.78 is 28.7. The van der Waals surface area contributed by atoms with E-state index in [1.54, 1.807) is 18.2 Å². The van der Waals surface area contributed by atoms with E-state index in [4.69, 9.17) is 0 Å². The molecule has 1 fully saturated rings. The predicted octanol–water partition coefficient (Wildman–Crippen LogP) is 3.25. The van der Waals surface area contributed by atoms with E-state index in [2.05, 4.69) is 46.7 Å². The molecule has 0 aliphatic carbocycles. The summed E-state index contributed by atoms with van der Waals surface area (Å²) in [6.07, 6.45) is 0.495. The lowest BCUT2D eigenvalue weighted by atomic mass is 10.1. The zero-order valence-corrected chi connectivity index (χ0v) is 19.0. The van der Waals surface area contributed by atoms with Gasteiger partial charge in [0.05, 0.1) is 5.69 Å². The Morgan fingerprint density at radius 1 is 1.00 bits per heavy atom. The number of rotatable bonds is 4. The summed E-state index contributed by atoms with van der Waals surface area (Å²) in [7, 11) is -3.73. The third kappa shape index (κ3) is 4.58. The molecule has 31 heavy (non-hydrogen) atoms. The Morgan fingerprint density at radius 3 is 2.42 bits per heavy atom. The fraction of sp³-hybridized carbons (Fsp3) is 0.391. The Hall–Kier alpha value is -2.87. The first-order valence-electron chi connectivity index (χ1n) is 10.5. The summed E-state index contributed by atoms with van der Waals surface area (Å²) in [6, 6.07) is 11.5. The smallest absolute Gasteiger partial charge is 0.286 e. The molecule has 2 aliphatic heterocycles. The minimum atomic E-state index is -3.73. The van der Waals surface area contributed by atoms with Crippen LogP contribution >= 0.6 is 0 Å². The first-order chi connectivity index (χ1) is 14.7. The van der Waals surface area contributed by atoms with Crippen LogP contribution in [0.5, 0.6) is 0 Å². The van der Waals surface area contributed by atoms with E-state index in [-0.39, 0.29) is 23.6 Å². The molecule has 0 bridgehead atoms. The molecule has 0 aromatic heterocycles. The predicted molar refractivity (Wildman–Crippen MR) is 123 cm³/mol. The van der Waals surface area contributed by atoms with Crippen molar-refractivity contribution in [2.45, 2.75) is 38.5 Å². The summed E-state index contributed by atoms with van der Waals surface area (Å²) >= 11 is 0. The van der Waals surface area contributed by atoms with E-state index in [1.807, 2.05) is 11.8 Å². The highest BCUT2D eigenvalue weighted by molar-refractivity contribution is 7.90. The SMILES string of the molecule is Cc1ccc2c(c1)NC(CCC(=O)N1CCN(c3cc(C)ccc3C)CC1)=NS2(=O)=O. The number of nitrogens with one attached hydrogen (secondary N) is 1. The number of benzene rings is 2. The molecule has 2 aromatic carbocycles. The van der Waals surface area contributed by atoms with Crippen LogP contribution in [0.3, 0.4) is 0 Å². The van der Waals surface area contributed by atoms with Gasteiger partial charge in [0.2, 0.25) is 5.91 Å². The van der Waals surface area contributed by atoms with E-state index in [9.17, 15) is 13.2 Å². The van der Waals surface area contributed by atoms with Crippen molar-refractivity contribution in [3.05, 3.63) is 53.1 Å². The number of amides is 1. The average molecular weight is 441 g/mol. The molecular formula is C23H28N4O3S. The number of hydrogen-bond donors (Lipinski definition) is 1. The van der Waals surface area contributed by atoms with Crippen LogP contribution in [0.15, 0.2) is 45.7 Å². The maximum Gasteiger partial charge on any atom is 0.286 e. The van der Waals surface area contributed by atoms with E-state index < -0.39 is 10.0 Å². The second-order valence-electron chi connectivity index (χ2n) is 8.30. The van der Waals surface area contributed by atoms with Gasteiger partial charge in [0.15, 0.2) is 0 Å². The average Bonchev–Trinajstić information content (AvgIpc) is 2.73. The first-order valence-corrected chi connectivity index (χ1v) is 12.0. The molecule has 2 heterocycles. The summed E-state index contributed by atoms with van der Waals surface area (Å²) in [5, 5.41) is 3.08. The molecule has 0 radical (unpaired) electrons. The van der Waals surface area contributed by atoms with Gasteiger partial charge in [0.25, 0.3) is 10.0 Å². The number of fused-ring (bicyclic) bond motifs is 1. The quantitative estimate of drug-likeness (QED) is 0.789. The second-order valence-corrected chi connectivity index (χ2v) is 9.87.